The molecule has 1 aliphatic rings. The van der Waals surface area contributed by atoms with Gasteiger partial charge in [-0.25, -0.2) is 4.79 Å². The number of carbonyl (C=O) groups excluding carboxylic acids is 1. The smallest absolute Gasteiger partial charge is 0.407 e. The third-order valence-electron chi connectivity index (χ3n) is 2.87. The minimum atomic E-state index is -0.462. The Kier molecular flexibility index (Phi) is 4.04. The maximum absolute atomic E-state index is 11.6. The molecule has 2 rings (SSSR count). The molecule has 0 radical (unpaired) electrons. The molecule has 0 bridgehead atoms. The van der Waals surface area contributed by atoms with E-state index in [-0.39, 0.29) is 6.61 Å². The second kappa shape index (κ2) is 5.73. The molecule has 1 N–H and O–H groups in total. The summed E-state index contributed by atoms with van der Waals surface area (Å²) < 4.78 is 5.12. The van der Waals surface area contributed by atoms with Crippen LogP contribution in [0.3, 0.4) is 0 Å². The Hall–Kier alpha value is -2.04. The van der Waals surface area contributed by atoms with Crippen molar-refractivity contribution in [1.82, 2.24) is 5.32 Å². The van der Waals surface area contributed by atoms with Crippen LogP contribution in [0.25, 0.3) is 0 Å². The minimum Gasteiger partial charge on any atom is -0.445 e. The minimum absolute atomic E-state index is 0.264. The fraction of sp³-hybridized carbons (Fsp3) is 0.429. The molecule has 0 aliphatic carbocycles. The van der Waals surface area contributed by atoms with Gasteiger partial charge in [0, 0.05) is 6.42 Å². The largest absolute Gasteiger partial charge is 0.445 e. The highest BCUT2D eigenvalue weighted by Crippen LogP contribution is 2.22. The van der Waals surface area contributed by atoms with E-state index in [9.17, 15) is 4.79 Å². The van der Waals surface area contributed by atoms with Crippen molar-refractivity contribution in [2.75, 3.05) is 6.54 Å². The topological polar surface area (TPSA) is 59.9 Å². The Bertz CT molecular complexity index is 473. The van der Waals surface area contributed by atoms with E-state index in [1.54, 1.807) is 0 Å². The molecule has 19 heavy (non-hydrogen) atoms. The molecule has 0 fully saturated rings. The summed E-state index contributed by atoms with van der Waals surface area (Å²) in [6.45, 7) is 4.45. The summed E-state index contributed by atoms with van der Waals surface area (Å²) in [5.41, 5.74) is 1.43. The molecule has 0 spiro atoms. The second-order valence-electron chi connectivity index (χ2n) is 4.96. The van der Waals surface area contributed by atoms with Gasteiger partial charge in [0.05, 0.1) is 12.3 Å². The van der Waals surface area contributed by atoms with Crippen LogP contribution in [-0.4, -0.2) is 24.0 Å². The molecule has 102 valence electrons. The van der Waals surface area contributed by atoms with E-state index in [4.69, 9.17) is 9.57 Å². The van der Waals surface area contributed by atoms with Gasteiger partial charge in [-0.1, -0.05) is 35.5 Å². The molecule has 5 nitrogen and oxygen atoms in total. The highest BCUT2D eigenvalue weighted by atomic mass is 16.7. The predicted molar refractivity (Wildman–Crippen MR) is 71.8 cm³/mol. The van der Waals surface area contributed by atoms with Crippen LogP contribution in [0.1, 0.15) is 25.8 Å². The zero-order valence-electron chi connectivity index (χ0n) is 11.2. The van der Waals surface area contributed by atoms with Gasteiger partial charge in [-0.3, -0.25) is 0 Å². The van der Waals surface area contributed by atoms with Gasteiger partial charge in [0.1, 0.15) is 6.61 Å². The highest BCUT2D eigenvalue weighted by Gasteiger charge is 2.33. The van der Waals surface area contributed by atoms with Crippen molar-refractivity contribution < 1.29 is 14.4 Å². The lowest BCUT2D eigenvalue weighted by Crippen LogP contribution is -2.40. The molecule has 1 heterocycles. The quantitative estimate of drug-likeness (QED) is 0.906. The Morgan fingerprint density at radius 1 is 1.47 bits per heavy atom. The third-order valence-corrected chi connectivity index (χ3v) is 2.87. The molecule has 0 aromatic heterocycles. The number of hydrogen-bond donors (Lipinski definition) is 1. The Balaban J connectivity index is 1.71. The summed E-state index contributed by atoms with van der Waals surface area (Å²) in [4.78, 5) is 16.9. The molecule has 1 atom stereocenters. The summed E-state index contributed by atoms with van der Waals surface area (Å²) in [6, 6.07) is 9.55. The van der Waals surface area contributed by atoms with Crippen LogP contribution >= 0.6 is 0 Å². The lowest BCUT2D eigenvalue weighted by Gasteiger charge is -2.21. The fourth-order valence-electron chi connectivity index (χ4n) is 1.92. The van der Waals surface area contributed by atoms with E-state index in [1.165, 1.54) is 0 Å². The monoisotopic (exact) mass is 262 g/mol. The summed E-state index contributed by atoms with van der Waals surface area (Å²) in [6.07, 6.45) is 0.268. The van der Waals surface area contributed by atoms with E-state index in [1.807, 2.05) is 44.2 Å². The van der Waals surface area contributed by atoms with Gasteiger partial charge in [-0.2, -0.15) is 0 Å². The number of benzene rings is 1. The second-order valence-corrected chi connectivity index (χ2v) is 4.96. The molecule has 1 aromatic carbocycles. The SMILES string of the molecule is CC1=NOC(C)(CNC(=O)OCc2ccccc2)C1. The van der Waals surface area contributed by atoms with Gasteiger partial charge in [-0.05, 0) is 19.4 Å². The molecular formula is C14H18N2O3. The van der Waals surface area contributed by atoms with Gasteiger partial charge >= 0.3 is 6.09 Å². The van der Waals surface area contributed by atoms with Crippen molar-refractivity contribution in [2.24, 2.45) is 5.16 Å². The van der Waals surface area contributed by atoms with Crippen molar-refractivity contribution in [3.63, 3.8) is 0 Å². The number of alkyl carbamates (subject to hydrolysis) is 1. The first-order valence-corrected chi connectivity index (χ1v) is 6.24. The molecule has 1 unspecified atom stereocenters. The molecular weight excluding hydrogens is 244 g/mol. The molecule has 5 heteroatoms. The van der Waals surface area contributed by atoms with Gasteiger partial charge in [0.15, 0.2) is 5.60 Å². The summed E-state index contributed by atoms with van der Waals surface area (Å²) >= 11 is 0. The first-order chi connectivity index (χ1) is 9.07. The fourth-order valence-corrected chi connectivity index (χ4v) is 1.92. The van der Waals surface area contributed by atoms with Gasteiger partial charge in [0.25, 0.3) is 0 Å². The van der Waals surface area contributed by atoms with E-state index in [0.717, 1.165) is 11.3 Å². The number of carbonyl (C=O) groups is 1. The third kappa shape index (κ3) is 3.98. The number of oxime groups is 1. The molecule has 1 aromatic rings. The van der Waals surface area contributed by atoms with Crippen molar-refractivity contribution in [3.8, 4) is 0 Å². The van der Waals surface area contributed by atoms with Crippen LogP contribution in [0.5, 0.6) is 0 Å². The van der Waals surface area contributed by atoms with Gasteiger partial charge < -0.3 is 14.9 Å². The summed E-state index contributed by atoms with van der Waals surface area (Å²) in [5.74, 6) is 0. The number of hydrogen-bond acceptors (Lipinski definition) is 4. The van der Waals surface area contributed by atoms with Crippen molar-refractivity contribution in [1.29, 1.82) is 0 Å². The first-order valence-electron chi connectivity index (χ1n) is 6.24. The molecule has 0 saturated heterocycles. The van der Waals surface area contributed by atoms with E-state index in [2.05, 4.69) is 10.5 Å². The first kappa shape index (κ1) is 13.4. The number of nitrogens with zero attached hydrogens (tertiary/aromatic N) is 1. The lowest BCUT2D eigenvalue weighted by atomic mass is 10.0. The van der Waals surface area contributed by atoms with Crippen LogP contribution in [0.4, 0.5) is 4.79 Å². The summed E-state index contributed by atoms with van der Waals surface area (Å²) in [5, 5.41) is 6.58. The maximum Gasteiger partial charge on any atom is 0.407 e. The standard InChI is InChI=1S/C14H18N2O3/c1-11-8-14(2,19-16-11)10-15-13(17)18-9-12-6-4-3-5-7-12/h3-7H,8-10H2,1-2H3,(H,15,17). The van der Waals surface area contributed by atoms with Crippen molar-refractivity contribution in [3.05, 3.63) is 35.9 Å². The van der Waals surface area contributed by atoms with Crippen LogP contribution in [-0.2, 0) is 16.2 Å². The zero-order valence-corrected chi connectivity index (χ0v) is 11.2. The molecule has 1 aliphatic heterocycles. The number of ether oxygens (including phenoxy) is 1. The lowest BCUT2D eigenvalue weighted by molar-refractivity contribution is -0.00277. The van der Waals surface area contributed by atoms with Crippen LogP contribution in [0, 0.1) is 0 Å². The van der Waals surface area contributed by atoms with Crippen molar-refractivity contribution >= 4 is 11.8 Å². The molecule has 0 saturated carbocycles. The van der Waals surface area contributed by atoms with Crippen LogP contribution in [0.15, 0.2) is 35.5 Å². The Labute approximate surface area is 112 Å². The Morgan fingerprint density at radius 3 is 2.84 bits per heavy atom. The predicted octanol–water partition coefficient (Wildman–Crippen LogP) is 2.47. The molecule has 1 amide bonds. The summed E-state index contributed by atoms with van der Waals surface area (Å²) in [7, 11) is 0. The number of nitrogens with one attached hydrogen (secondary N) is 1. The highest BCUT2D eigenvalue weighted by molar-refractivity contribution is 5.83. The van der Waals surface area contributed by atoms with Crippen LogP contribution in [0.2, 0.25) is 0 Å². The average molecular weight is 262 g/mol. The van der Waals surface area contributed by atoms with E-state index >= 15 is 0 Å². The zero-order chi connectivity index (χ0) is 13.7. The van der Waals surface area contributed by atoms with Crippen molar-refractivity contribution in [2.45, 2.75) is 32.5 Å². The number of rotatable bonds is 4. The van der Waals surface area contributed by atoms with E-state index in [0.29, 0.717) is 13.0 Å². The Morgan fingerprint density at radius 2 is 2.21 bits per heavy atom. The van der Waals surface area contributed by atoms with Crippen LogP contribution < -0.4 is 5.32 Å². The average Bonchev–Trinajstić information content (AvgIpc) is 2.76. The normalized spacial score (nSPS) is 21.5. The van der Waals surface area contributed by atoms with E-state index < -0.39 is 11.7 Å². The number of amides is 1. The maximum atomic E-state index is 11.6. The van der Waals surface area contributed by atoms with Gasteiger partial charge in [0.2, 0.25) is 0 Å². The van der Waals surface area contributed by atoms with Gasteiger partial charge in [-0.15, -0.1) is 0 Å².